The van der Waals surface area contributed by atoms with Gasteiger partial charge in [0.05, 0.1) is 12.6 Å². The normalized spacial score (nSPS) is 13.6. The average Bonchev–Trinajstić information content (AvgIpc) is 2.69. The van der Waals surface area contributed by atoms with Crippen molar-refractivity contribution < 1.29 is 9.18 Å². The molecule has 20 heavy (non-hydrogen) atoms. The molecule has 1 aliphatic heterocycles. The summed E-state index contributed by atoms with van der Waals surface area (Å²) in [4.78, 5) is 20.2. The number of amides is 1. The lowest BCUT2D eigenvalue weighted by atomic mass is 10.1. The first kappa shape index (κ1) is 12.8. The van der Waals surface area contributed by atoms with Crippen LogP contribution in [-0.4, -0.2) is 22.9 Å². The Hall–Kier alpha value is -2.21. The minimum absolute atomic E-state index is 0.0447. The zero-order valence-electron chi connectivity index (χ0n) is 10.5. The predicted molar refractivity (Wildman–Crippen MR) is 73.8 cm³/mol. The van der Waals surface area contributed by atoms with E-state index in [9.17, 15) is 9.18 Å². The summed E-state index contributed by atoms with van der Waals surface area (Å²) in [6, 6.07) is 5.44. The van der Waals surface area contributed by atoms with E-state index >= 15 is 0 Å². The molecular formula is C13H10ClFN4O. The molecule has 2 heterocycles. The molecular weight excluding hydrogens is 283 g/mol. The zero-order chi connectivity index (χ0) is 14.3. The number of fused-ring (bicyclic) bond motifs is 1. The third-order valence-electron chi connectivity index (χ3n) is 3.13. The molecule has 1 aliphatic rings. The second kappa shape index (κ2) is 4.72. The van der Waals surface area contributed by atoms with Gasteiger partial charge < -0.3 is 10.2 Å². The summed E-state index contributed by atoms with van der Waals surface area (Å²) in [5.41, 5.74) is 2.47. The number of carbonyl (C=O) groups excluding carboxylic acids is 1. The van der Waals surface area contributed by atoms with Gasteiger partial charge in [0, 0.05) is 18.4 Å². The smallest absolute Gasteiger partial charge is 0.310 e. The van der Waals surface area contributed by atoms with E-state index in [0.29, 0.717) is 12.1 Å². The third kappa shape index (κ3) is 2.18. The van der Waals surface area contributed by atoms with Crippen molar-refractivity contribution in [1.82, 2.24) is 9.97 Å². The van der Waals surface area contributed by atoms with Crippen LogP contribution in [0.15, 0.2) is 24.4 Å². The van der Waals surface area contributed by atoms with Gasteiger partial charge in [0.1, 0.15) is 5.02 Å². The maximum Gasteiger partial charge on any atom is 0.310 e. The van der Waals surface area contributed by atoms with Gasteiger partial charge in [-0.3, -0.25) is 4.79 Å². The Balaban J connectivity index is 1.92. The predicted octanol–water partition coefficient (Wildman–Crippen LogP) is 2.53. The summed E-state index contributed by atoms with van der Waals surface area (Å²) in [5.74, 6) is 0.236. The minimum Gasteiger partial charge on any atom is -0.339 e. The molecule has 0 saturated carbocycles. The number of halogens is 2. The number of hydrogen-bond acceptors (Lipinski definition) is 4. The van der Waals surface area contributed by atoms with E-state index in [1.165, 1.54) is 6.20 Å². The SMILES string of the molecule is CN1C(=O)Cc2cc(Nc3nc(F)ncc3Cl)ccc21. The van der Waals surface area contributed by atoms with Crippen LogP contribution in [0.4, 0.5) is 21.6 Å². The van der Waals surface area contributed by atoms with Gasteiger partial charge in [-0.25, -0.2) is 4.98 Å². The summed E-state index contributed by atoms with van der Waals surface area (Å²) in [6.45, 7) is 0. The number of nitrogens with zero attached hydrogens (tertiary/aromatic N) is 3. The van der Waals surface area contributed by atoms with Crippen LogP contribution in [0.25, 0.3) is 0 Å². The van der Waals surface area contributed by atoms with Gasteiger partial charge in [-0.1, -0.05) is 11.6 Å². The van der Waals surface area contributed by atoms with Crippen LogP contribution in [0, 0.1) is 6.08 Å². The number of aromatic nitrogens is 2. The van der Waals surface area contributed by atoms with Crippen molar-refractivity contribution in [1.29, 1.82) is 0 Å². The fraction of sp³-hybridized carbons (Fsp3) is 0.154. The average molecular weight is 293 g/mol. The monoisotopic (exact) mass is 292 g/mol. The molecule has 1 aromatic carbocycles. The molecule has 0 spiro atoms. The van der Waals surface area contributed by atoms with Crippen molar-refractivity contribution in [2.45, 2.75) is 6.42 Å². The molecule has 3 rings (SSSR count). The molecule has 0 radical (unpaired) electrons. The van der Waals surface area contributed by atoms with Crippen molar-refractivity contribution >= 4 is 34.7 Å². The summed E-state index contributed by atoms with van der Waals surface area (Å²) < 4.78 is 13.0. The lowest BCUT2D eigenvalue weighted by Crippen LogP contribution is -2.20. The van der Waals surface area contributed by atoms with E-state index in [1.807, 2.05) is 12.1 Å². The quantitative estimate of drug-likeness (QED) is 0.864. The Morgan fingerprint density at radius 3 is 3.05 bits per heavy atom. The van der Waals surface area contributed by atoms with E-state index < -0.39 is 6.08 Å². The number of likely N-dealkylation sites (N-methyl/N-ethyl adjacent to an activating group) is 1. The first-order valence-corrected chi connectivity index (χ1v) is 6.27. The Morgan fingerprint density at radius 1 is 1.45 bits per heavy atom. The van der Waals surface area contributed by atoms with Crippen LogP contribution in [0.5, 0.6) is 0 Å². The number of nitrogens with one attached hydrogen (secondary N) is 1. The molecule has 1 N–H and O–H groups in total. The summed E-state index contributed by atoms with van der Waals surface area (Å²) in [6.07, 6.45) is 0.692. The molecule has 0 saturated heterocycles. The number of hydrogen-bond donors (Lipinski definition) is 1. The zero-order valence-corrected chi connectivity index (χ0v) is 11.3. The molecule has 0 atom stereocenters. The molecule has 0 fully saturated rings. The Labute approximate surface area is 119 Å². The number of benzene rings is 1. The molecule has 0 aliphatic carbocycles. The first-order valence-electron chi connectivity index (χ1n) is 5.89. The van der Waals surface area contributed by atoms with Crippen molar-refractivity contribution in [2.75, 3.05) is 17.3 Å². The first-order chi connectivity index (χ1) is 9.54. The Kier molecular flexibility index (Phi) is 3.02. The molecule has 2 aromatic rings. The molecule has 5 nitrogen and oxygen atoms in total. The highest BCUT2D eigenvalue weighted by Crippen LogP contribution is 2.31. The lowest BCUT2D eigenvalue weighted by Gasteiger charge is -2.11. The second-order valence-corrected chi connectivity index (χ2v) is 4.84. The standard InChI is InChI=1S/C13H10ClFN4O/c1-19-10-3-2-8(4-7(10)5-11(19)20)17-12-9(14)6-16-13(15)18-12/h2-4,6H,5H2,1H3,(H,16,17,18). The van der Waals surface area contributed by atoms with E-state index in [4.69, 9.17) is 11.6 Å². The van der Waals surface area contributed by atoms with Crippen molar-refractivity contribution in [3.05, 3.63) is 41.1 Å². The van der Waals surface area contributed by atoms with Gasteiger partial charge in [-0.15, -0.1) is 0 Å². The molecule has 0 bridgehead atoms. The molecule has 1 aromatic heterocycles. The van der Waals surface area contributed by atoms with Crippen molar-refractivity contribution in [3.8, 4) is 0 Å². The maximum atomic E-state index is 13.0. The number of anilines is 3. The molecule has 102 valence electrons. The molecule has 1 amide bonds. The van der Waals surface area contributed by atoms with Gasteiger partial charge in [0.15, 0.2) is 5.82 Å². The van der Waals surface area contributed by atoms with E-state index in [1.54, 1.807) is 18.0 Å². The fourth-order valence-corrected chi connectivity index (χ4v) is 2.26. The minimum atomic E-state index is -0.854. The summed E-state index contributed by atoms with van der Waals surface area (Å²) >= 11 is 5.89. The van der Waals surface area contributed by atoms with Crippen LogP contribution in [-0.2, 0) is 11.2 Å². The topological polar surface area (TPSA) is 58.1 Å². The summed E-state index contributed by atoms with van der Waals surface area (Å²) in [5, 5.41) is 3.14. The van der Waals surface area contributed by atoms with Crippen LogP contribution in [0.3, 0.4) is 0 Å². The van der Waals surface area contributed by atoms with Gasteiger partial charge >= 0.3 is 6.08 Å². The van der Waals surface area contributed by atoms with Crippen molar-refractivity contribution in [2.24, 2.45) is 0 Å². The van der Waals surface area contributed by atoms with E-state index in [0.717, 1.165) is 11.3 Å². The van der Waals surface area contributed by atoms with Gasteiger partial charge in [0.25, 0.3) is 0 Å². The lowest BCUT2D eigenvalue weighted by molar-refractivity contribution is -0.117. The number of carbonyl (C=O) groups is 1. The molecule has 0 unspecified atom stereocenters. The highest BCUT2D eigenvalue weighted by Gasteiger charge is 2.23. The van der Waals surface area contributed by atoms with E-state index in [-0.39, 0.29) is 16.7 Å². The largest absolute Gasteiger partial charge is 0.339 e. The molecule has 7 heteroatoms. The summed E-state index contributed by atoms with van der Waals surface area (Å²) in [7, 11) is 1.73. The number of rotatable bonds is 2. The fourth-order valence-electron chi connectivity index (χ4n) is 2.12. The van der Waals surface area contributed by atoms with Gasteiger partial charge in [0.2, 0.25) is 5.91 Å². The van der Waals surface area contributed by atoms with Crippen molar-refractivity contribution in [3.63, 3.8) is 0 Å². The maximum absolute atomic E-state index is 13.0. The van der Waals surface area contributed by atoms with Gasteiger partial charge in [-0.2, -0.15) is 9.37 Å². The third-order valence-corrected chi connectivity index (χ3v) is 3.41. The highest BCUT2D eigenvalue weighted by atomic mass is 35.5. The van der Waals surface area contributed by atoms with Crippen LogP contribution in [0.2, 0.25) is 5.02 Å². The van der Waals surface area contributed by atoms with E-state index in [2.05, 4.69) is 15.3 Å². The van der Waals surface area contributed by atoms with Crippen LogP contribution >= 0.6 is 11.6 Å². The second-order valence-electron chi connectivity index (χ2n) is 4.43. The Morgan fingerprint density at radius 2 is 2.25 bits per heavy atom. The Bertz CT molecular complexity index is 707. The van der Waals surface area contributed by atoms with Crippen LogP contribution in [0.1, 0.15) is 5.56 Å². The van der Waals surface area contributed by atoms with Gasteiger partial charge in [-0.05, 0) is 23.8 Å². The highest BCUT2D eigenvalue weighted by molar-refractivity contribution is 6.32. The van der Waals surface area contributed by atoms with Crippen LogP contribution < -0.4 is 10.2 Å².